The molecule has 23 heavy (non-hydrogen) atoms. The summed E-state index contributed by atoms with van der Waals surface area (Å²) in [5, 5.41) is 3.30. The lowest BCUT2D eigenvalue weighted by Crippen LogP contribution is -2.45. The van der Waals surface area contributed by atoms with Crippen LogP contribution in [-0.4, -0.2) is 36.6 Å². The summed E-state index contributed by atoms with van der Waals surface area (Å²) in [5.41, 5.74) is -3.33. The van der Waals surface area contributed by atoms with E-state index in [1.54, 1.807) is 18.4 Å². The van der Waals surface area contributed by atoms with Crippen molar-refractivity contribution in [2.24, 2.45) is 0 Å². The van der Waals surface area contributed by atoms with E-state index in [1.165, 1.54) is 12.1 Å². The lowest BCUT2D eigenvalue weighted by molar-refractivity contribution is -0.0328. The first-order valence-corrected chi connectivity index (χ1v) is 8.18. The van der Waals surface area contributed by atoms with E-state index in [2.05, 4.69) is 10.2 Å². The van der Waals surface area contributed by atoms with Crippen LogP contribution in [0.3, 0.4) is 0 Å². The Labute approximate surface area is 136 Å². The maximum Gasteiger partial charge on any atom is 0.446 e. The predicted molar refractivity (Wildman–Crippen MR) is 83.3 cm³/mol. The van der Waals surface area contributed by atoms with E-state index >= 15 is 0 Å². The molecule has 0 aliphatic carbocycles. The molecule has 0 amide bonds. The molecular weight excluding hydrogens is 325 g/mol. The summed E-state index contributed by atoms with van der Waals surface area (Å²) in [4.78, 5) is 2.47. The van der Waals surface area contributed by atoms with Gasteiger partial charge < -0.3 is 9.73 Å². The molecule has 0 spiro atoms. The number of thioether (sulfide) groups is 1. The van der Waals surface area contributed by atoms with Gasteiger partial charge in [-0.3, -0.25) is 4.90 Å². The number of nitrogens with one attached hydrogen (secondary N) is 1. The number of piperazine rings is 1. The molecule has 1 atom stereocenters. The highest BCUT2D eigenvalue weighted by atomic mass is 32.2. The molecule has 7 heteroatoms. The maximum absolute atomic E-state index is 12.4. The van der Waals surface area contributed by atoms with Gasteiger partial charge in [0.1, 0.15) is 5.76 Å². The fraction of sp³-hybridized carbons (Fsp3) is 0.375. The summed E-state index contributed by atoms with van der Waals surface area (Å²) in [6.07, 6.45) is 1.62. The van der Waals surface area contributed by atoms with Crippen molar-refractivity contribution in [1.29, 1.82) is 0 Å². The Kier molecular flexibility index (Phi) is 4.99. The number of hydrogen-bond acceptors (Lipinski definition) is 4. The Hall–Kier alpha value is -1.44. The van der Waals surface area contributed by atoms with Crippen LogP contribution in [0, 0.1) is 0 Å². The quantitative estimate of drug-likeness (QED) is 0.854. The second-order valence-electron chi connectivity index (χ2n) is 5.32. The first kappa shape index (κ1) is 16.4. The summed E-state index contributed by atoms with van der Waals surface area (Å²) < 4.78 is 42.9. The third kappa shape index (κ3) is 4.31. The molecule has 3 rings (SSSR count). The Morgan fingerprint density at radius 2 is 1.78 bits per heavy atom. The van der Waals surface area contributed by atoms with Gasteiger partial charge >= 0.3 is 5.51 Å². The van der Waals surface area contributed by atoms with Crippen molar-refractivity contribution in [3.05, 3.63) is 54.0 Å². The Bertz CT molecular complexity index is 607. The minimum absolute atomic E-state index is 0.0722. The molecule has 2 heterocycles. The van der Waals surface area contributed by atoms with Crippen molar-refractivity contribution >= 4 is 11.8 Å². The van der Waals surface area contributed by atoms with E-state index in [4.69, 9.17) is 4.42 Å². The van der Waals surface area contributed by atoms with Gasteiger partial charge in [-0.1, -0.05) is 12.1 Å². The van der Waals surface area contributed by atoms with Crippen LogP contribution in [0.4, 0.5) is 13.2 Å². The number of hydrogen-bond donors (Lipinski definition) is 1. The molecule has 0 radical (unpaired) electrons. The number of nitrogens with zero attached hydrogens (tertiary/aromatic N) is 1. The van der Waals surface area contributed by atoms with Crippen LogP contribution < -0.4 is 5.32 Å². The van der Waals surface area contributed by atoms with Crippen LogP contribution in [0.25, 0.3) is 0 Å². The zero-order chi connectivity index (χ0) is 16.3. The van der Waals surface area contributed by atoms with Crippen LogP contribution in [0.2, 0.25) is 0 Å². The van der Waals surface area contributed by atoms with Crippen molar-refractivity contribution < 1.29 is 17.6 Å². The van der Waals surface area contributed by atoms with E-state index in [1.807, 2.05) is 12.1 Å². The van der Waals surface area contributed by atoms with Crippen molar-refractivity contribution in [3.8, 4) is 0 Å². The number of halogens is 3. The average Bonchev–Trinajstić information content (AvgIpc) is 3.03. The van der Waals surface area contributed by atoms with Crippen LogP contribution >= 0.6 is 11.8 Å². The van der Waals surface area contributed by atoms with Gasteiger partial charge in [-0.15, -0.1) is 0 Å². The van der Waals surface area contributed by atoms with Gasteiger partial charge in [0.05, 0.1) is 12.3 Å². The van der Waals surface area contributed by atoms with Crippen molar-refractivity contribution in [2.45, 2.75) is 16.4 Å². The molecule has 1 aliphatic heterocycles. The van der Waals surface area contributed by atoms with E-state index < -0.39 is 5.51 Å². The van der Waals surface area contributed by atoms with Gasteiger partial charge in [0.15, 0.2) is 0 Å². The number of rotatable bonds is 4. The van der Waals surface area contributed by atoms with Crippen LogP contribution in [0.5, 0.6) is 0 Å². The zero-order valence-electron chi connectivity index (χ0n) is 12.3. The van der Waals surface area contributed by atoms with Crippen molar-refractivity contribution in [3.63, 3.8) is 0 Å². The van der Waals surface area contributed by atoms with E-state index in [0.717, 1.165) is 37.5 Å². The first-order valence-electron chi connectivity index (χ1n) is 7.37. The van der Waals surface area contributed by atoms with Gasteiger partial charge in [-0.05, 0) is 41.6 Å². The second kappa shape index (κ2) is 6.98. The summed E-state index contributed by atoms with van der Waals surface area (Å²) >= 11 is -0.0928. The SMILES string of the molecule is FC(F)(F)Sc1ccc([C@H](c2ccco2)N2CCNCC2)cc1. The molecule has 1 N–H and O–H groups in total. The van der Waals surface area contributed by atoms with Gasteiger partial charge in [0.2, 0.25) is 0 Å². The van der Waals surface area contributed by atoms with Gasteiger partial charge in [-0.25, -0.2) is 0 Å². The molecule has 0 unspecified atom stereocenters. The lowest BCUT2D eigenvalue weighted by Gasteiger charge is -2.34. The molecule has 124 valence electrons. The van der Waals surface area contributed by atoms with Gasteiger partial charge in [-0.2, -0.15) is 13.2 Å². The van der Waals surface area contributed by atoms with E-state index in [9.17, 15) is 13.2 Å². The highest BCUT2D eigenvalue weighted by Crippen LogP contribution is 2.38. The molecular formula is C16H17F3N2OS. The van der Waals surface area contributed by atoms with Crippen molar-refractivity contribution in [1.82, 2.24) is 10.2 Å². The predicted octanol–water partition coefficient (Wildman–Crippen LogP) is 3.89. The number of furan rings is 1. The van der Waals surface area contributed by atoms with Gasteiger partial charge in [0, 0.05) is 31.1 Å². The average molecular weight is 342 g/mol. The first-order chi connectivity index (χ1) is 11.0. The summed E-state index contributed by atoms with van der Waals surface area (Å²) in [5.74, 6) is 0.808. The normalized spacial score (nSPS) is 18.0. The molecule has 1 aliphatic rings. The van der Waals surface area contributed by atoms with E-state index in [0.29, 0.717) is 0 Å². The molecule has 1 aromatic carbocycles. The summed E-state index contributed by atoms with van der Waals surface area (Å²) in [6.45, 7) is 3.51. The molecule has 0 saturated carbocycles. The highest BCUT2D eigenvalue weighted by Gasteiger charge is 2.30. The Morgan fingerprint density at radius 3 is 2.35 bits per heavy atom. The topological polar surface area (TPSA) is 28.4 Å². The van der Waals surface area contributed by atoms with E-state index in [-0.39, 0.29) is 22.7 Å². The molecule has 3 nitrogen and oxygen atoms in total. The smallest absolute Gasteiger partial charge is 0.446 e. The largest absolute Gasteiger partial charge is 0.467 e. The second-order valence-corrected chi connectivity index (χ2v) is 6.46. The minimum atomic E-state index is -4.26. The molecule has 1 aromatic heterocycles. The Balaban J connectivity index is 1.84. The molecule has 2 aromatic rings. The zero-order valence-corrected chi connectivity index (χ0v) is 13.2. The lowest BCUT2D eigenvalue weighted by atomic mass is 10.0. The summed E-state index contributed by atoms with van der Waals surface area (Å²) in [6, 6.07) is 10.2. The minimum Gasteiger partial charge on any atom is -0.467 e. The number of alkyl halides is 3. The Morgan fingerprint density at radius 1 is 1.09 bits per heavy atom. The van der Waals surface area contributed by atoms with Crippen LogP contribution in [-0.2, 0) is 0 Å². The highest BCUT2D eigenvalue weighted by molar-refractivity contribution is 8.00. The molecule has 1 fully saturated rings. The fourth-order valence-electron chi connectivity index (χ4n) is 2.79. The molecule has 0 bridgehead atoms. The molecule has 1 saturated heterocycles. The monoisotopic (exact) mass is 342 g/mol. The van der Waals surface area contributed by atoms with Crippen LogP contribution in [0.15, 0.2) is 52.0 Å². The summed E-state index contributed by atoms with van der Waals surface area (Å²) in [7, 11) is 0. The maximum atomic E-state index is 12.4. The van der Waals surface area contributed by atoms with Crippen molar-refractivity contribution in [2.75, 3.05) is 26.2 Å². The fourth-order valence-corrected chi connectivity index (χ4v) is 3.33. The third-order valence-corrected chi connectivity index (χ3v) is 4.50. The third-order valence-electron chi connectivity index (χ3n) is 3.76. The van der Waals surface area contributed by atoms with Gasteiger partial charge in [0.25, 0.3) is 0 Å². The standard InChI is InChI=1S/C16H17F3N2OS/c17-16(18,19)23-13-5-3-12(4-6-13)15(14-2-1-11-22-14)21-9-7-20-8-10-21/h1-6,11,15,20H,7-10H2/t15-/m1/s1. The number of benzene rings is 1. The van der Waals surface area contributed by atoms with Crippen LogP contribution in [0.1, 0.15) is 17.4 Å².